The Morgan fingerprint density at radius 3 is 2.56 bits per heavy atom. The van der Waals surface area contributed by atoms with Gasteiger partial charge in [-0.25, -0.2) is 0 Å². The number of para-hydroxylation sites is 1. The zero-order chi connectivity index (χ0) is 17.5. The summed E-state index contributed by atoms with van der Waals surface area (Å²) in [5, 5.41) is 3.54. The maximum atomic E-state index is 5.39. The van der Waals surface area contributed by atoms with E-state index in [1.165, 1.54) is 11.3 Å². The van der Waals surface area contributed by atoms with Gasteiger partial charge in [0.15, 0.2) is 0 Å². The monoisotopic (exact) mass is 340 g/mol. The van der Waals surface area contributed by atoms with Crippen molar-refractivity contribution in [3.63, 3.8) is 0 Å². The molecule has 5 nitrogen and oxygen atoms in total. The van der Waals surface area contributed by atoms with Crippen LogP contribution in [-0.2, 0) is 13.1 Å². The van der Waals surface area contributed by atoms with Gasteiger partial charge in [0.05, 0.1) is 7.11 Å². The van der Waals surface area contributed by atoms with Gasteiger partial charge in [0.2, 0.25) is 0 Å². The van der Waals surface area contributed by atoms with E-state index in [0.717, 1.165) is 57.1 Å². The van der Waals surface area contributed by atoms with Gasteiger partial charge in [-0.05, 0) is 24.2 Å². The van der Waals surface area contributed by atoms with Crippen molar-refractivity contribution in [1.82, 2.24) is 15.2 Å². The number of methoxy groups -OCH3 is 1. The molecular weight excluding hydrogens is 312 g/mol. The van der Waals surface area contributed by atoms with Crippen LogP contribution >= 0.6 is 0 Å². The van der Waals surface area contributed by atoms with Crippen LogP contribution in [0.4, 0.5) is 5.69 Å². The Balaban J connectivity index is 1.61. The van der Waals surface area contributed by atoms with E-state index in [-0.39, 0.29) is 0 Å². The Morgan fingerprint density at radius 1 is 1.04 bits per heavy atom. The van der Waals surface area contributed by atoms with Gasteiger partial charge in [0.1, 0.15) is 5.75 Å². The number of hydrogen-bond donors (Lipinski definition) is 1. The minimum absolute atomic E-state index is 0.745. The molecule has 0 bridgehead atoms. The first-order chi connectivity index (χ1) is 12.3. The van der Waals surface area contributed by atoms with Crippen LogP contribution in [0.2, 0.25) is 0 Å². The van der Waals surface area contributed by atoms with Gasteiger partial charge in [-0.2, -0.15) is 0 Å². The van der Waals surface area contributed by atoms with Crippen molar-refractivity contribution in [3.05, 3.63) is 53.9 Å². The number of benzene rings is 1. The number of piperazine rings is 1. The maximum Gasteiger partial charge on any atom is 0.126 e. The first-order valence-corrected chi connectivity index (χ1v) is 9.04. The van der Waals surface area contributed by atoms with Crippen molar-refractivity contribution in [3.8, 4) is 5.75 Å². The number of aromatic nitrogens is 1. The molecular formula is C20H28N4O. The number of anilines is 1. The second kappa shape index (κ2) is 8.83. The van der Waals surface area contributed by atoms with Crippen molar-refractivity contribution in [2.75, 3.05) is 44.7 Å². The second-order valence-electron chi connectivity index (χ2n) is 6.34. The quantitative estimate of drug-likeness (QED) is 0.839. The molecule has 1 aromatic carbocycles. The van der Waals surface area contributed by atoms with E-state index in [9.17, 15) is 0 Å². The Bertz CT molecular complexity index is 668. The molecule has 1 aliphatic rings. The summed E-state index contributed by atoms with van der Waals surface area (Å²) >= 11 is 0. The fourth-order valence-electron chi connectivity index (χ4n) is 3.35. The summed E-state index contributed by atoms with van der Waals surface area (Å²) in [4.78, 5) is 9.21. The first-order valence-electron chi connectivity index (χ1n) is 9.04. The van der Waals surface area contributed by atoms with Gasteiger partial charge in [0, 0.05) is 62.9 Å². The third-order valence-corrected chi connectivity index (χ3v) is 4.86. The molecule has 25 heavy (non-hydrogen) atoms. The predicted octanol–water partition coefficient (Wildman–Crippen LogP) is 2.52. The Morgan fingerprint density at radius 2 is 1.80 bits per heavy atom. The van der Waals surface area contributed by atoms with E-state index >= 15 is 0 Å². The van der Waals surface area contributed by atoms with Crippen LogP contribution in [0.3, 0.4) is 0 Å². The largest absolute Gasteiger partial charge is 0.496 e. The normalized spacial score (nSPS) is 15.4. The van der Waals surface area contributed by atoms with E-state index in [1.54, 1.807) is 13.3 Å². The molecule has 0 spiro atoms. The molecule has 1 fully saturated rings. The van der Waals surface area contributed by atoms with Crippen LogP contribution in [0.15, 0.2) is 42.7 Å². The van der Waals surface area contributed by atoms with Gasteiger partial charge in [-0.15, -0.1) is 0 Å². The molecule has 1 N–H and O–H groups in total. The van der Waals surface area contributed by atoms with Gasteiger partial charge >= 0.3 is 0 Å². The van der Waals surface area contributed by atoms with Gasteiger partial charge in [-0.3, -0.25) is 4.98 Å². The highest BCUT2D eigenvalue weighted by Gasteiger charge is 2.17. The highest BCUT2D eigenvalue weighted by Crippen LogP contribution is 2.22. The van der Waals surface area contributed by atoms with Crippen molar-refractivity contribution in [2.24, 2.45) is 0 Å². The number of nitrogens with one attached hydrogen (secondary N) is 1. The van der Waals surface area contributed by atoms with E-state index < -0.39 is 0 Å². The van der Waals surface area contributed by atoms with E-state index in [1.807, 2.05) is 12.3 Å². The minimum atomic E-state index is 0.745. The average molecular weight is 340 g/mol. The highest BCUT2D eigenvalue weighted by atomic mass is 16.5. The fourth-order valence-corrected chi connectivity index (χ4v) is 3.35. The van der Waals surface area contributed by atoms with Gasteiger partial charge in [-0.1, -0.05) is 25.1 Å². The molecule has 5 heteroatoms. The lowest BCUT2D eigenvalue weighted by molar-refractivity contribution is 0.271. The molecule has 2 aromatic rings. The lowest BCUT2D eigenvalue weighted by Gasteiger charge is -2.36. The topological polar surface area (TPSA) is 40.6 Å². The molecule has 0 aliphatic carbocycles. The molecule has 0 saturated carbocycles. The standard InChI is InChI=1S/C20H28N4O/c1-3-23-10-12-24(13-11-23)19-7-5-4-6-17(19)14-22-16-18-15-21-9-8-20(18)25-2/h4-9,15,22H,3,10-14,16H2,1-2H3. The maximum absolute atomic E-state index is 5.39. The molecule has 2 heterocycles. The molecule has 1 aliphatic heterocycles. The average Bonchev–Trinajstić information content (AvgIpc) is 2.69. The van der Waals surface area contributed by atoms with E-state index in [0.29, 0.717) is 0 Å². The molecule has 0 amide bonds. The Labute approximate surface area is 150 Å². The van der Waals surface area contributed by atoms with E-state index in [4.69, 9.17) is 4.74 Å². The molecule has 1 aromatic heterocycles. The first kappa shape index (κ1) is 17.7. The molecule has 1 saturated heterocycles. The van der Waals surface area contributed by atoms with Crippen LogP contribution < -0.4 is 15.0 Å². The lowest BCUT2D eigenvalue weighted by atomic mass is 10.1. The van der Waals surface area contributed by atoms with Crippen LogP contribution in [0.1, 0.15) is 18.1 Å². The van der Waals surface area contributed by atoms with Crippen LogP contribution in [0.5, 0.6) is 5.75 Å². The van der Waals surface area contributed by atoms with Crippen LogP contribution in [0.25, 0.3) is 0 Å². The zero-order valence-electron chi connectivity index (χ0n) is 15.2. The zero-order valence-corrected chi connectivity index (χ0v) is 15.2. The third kappa shape index (κ3) is 4.50. The Hall–Kier alpha value is -2.11. The number of pyridine rings is 1. The molecule has 0 unspecified atom stereocenters. The SMILES string of the molecule is CCN1CCN(c2ccccc2CNCc2cnccc2OC)CC1. The molecule has 0 radical (unpaired) electrons. The van der Waals surface area contributed by atoms with Crippen LogP contribution in [0, 0.1) is 0 Å². The Kier molecular flexibility index (Phi) is 6.25. The van der Waals surface area contributed by atoms with Crippen LogP contribution in [-0.4, -0.2) is 49.7 Å². The van der Waals surface area contributed by atoms with Crippen molar-refractivity contribution < 1.29 is 4.74 Å². The number of rotatable bonds is 7. The summed E-state index contributed by atoms with van der Waals surface area (Å²) in [5.41, 5.74) is 3.78. The second-order valence-corrected chi connectivity index (χ2v) is 6.34. The number of ether oxygens (including phenoxy) is 1. The summed E-state index contributed by atoms with van der Waals surface area (Å²) in [6, 6.07) is 10.6. The molecule has 134 valence electrons. The number of nitrogens with zero attached hydrogens (tertiary/aromatic N) is 3. The highest BCUT2D eigenvalue weighted by molar-refractivity contribution is 5.54. The number of hydrogen-bond acceptors (Lipinski definition) is 5. The molecule has 0 atom stereocenters. The third-order valence-electron chi connectivity index (χ3n) is 4.86. The van der Waals surface area contributed by atoms with Crippen molar-refractivity contribution in [1.29, 1.82) is 0 Å². The van der Waals surface area contributed by atoms with E-state index in [2.05, 4.69) is 51.3 Å². The number of likely N-dealkylation sites (N-methyl/N-ethyl adjacent to an activating group) is 1. The fraction of sp³-hybridized carbons (Fsp3) is 0.450. The molecule has 3 rings (SSSR count). The van der Waals surface area contributed by atoms with Gasteiger partial charge < -0.3 is 19.9 Å². The summed E-state index contributed by atoms with van der Waals surface area (Å²) in [7, 11) is 1.70. The summed E-state index contributed by atoms with van der Waals surface area (Å²) < 4.78 is 5.39. The summed E-state index contributed by atoms with van der Waals surface area (Å²) in [5.74, 6) is 0.881. The van der Waals surface area contributed by atoms with Crippen molar-refractivity contribution >= 4 is 5.69 Å². The summed E-state index contributed by atoms with van der Waals surface area (Å²) in [6.07, 6.45) is 3.62. The smallest absolute Gasteiger partial charge is 0.126 e. The minimum Gasteiger partial charge on any atom is -0.496 e. The summed E-state index contributed by atoms with van der Waals surface area (Å²) in [6.45, 7) is 9.44. The van der Waals surface area contributed by atoms with Crippen molar-refractivity contribution in [2.45, 2.75) is 20.0 Å². The van der Waals surface area contributed by atoms with Gasteiger partial charge in [0.25, 0.3) is 0 Å². The lowest BCUT2D eigenvalue weighted by Crippen LogP contribution is -2.46. The predicted molar refractivity (Wildman–Crippen MR) is 102 cm³/mol.